The predicted molar refractivity (Wildman–Crippen MR) is 94.0 cm³/mol. The Morgan fingerprint density at radius 2 is 1.84 bits per heavy atom. The number of hydrogen-bond donors (Lipinski definition) is 0. The van der Waals surface area contributed by atoms with E-state index in [9.17, 15) is 9.59 Å². The molecule has 0 fully saturated rings. The third kappa shape index (κ3) is 3.88. The first kappa shape index (κ1) is 16.8. The fourth-order valence-corrected chi connectivity index (χ4v) is 2.52. The Morgan fingerprint density at radius 1 is 1.08 bits per heavy atom. The minimum Gasteiger partial charge on any atom is -0.489 e. The smallest absolute Gasteiger partial charge is 0.338 e. The van der Waals surface area contributed by atoms with Gasteiger partial charge in [-0.15, -0.1) is 0 Å². The lowest BCUT2D eigenvalue weighted by atomic mass is 10.1. The maximum atomic E-state index is 11.7. The van der Waals surface area contributed by atoms with Crippen molar-refractivity contribution >= 4 is 16.9 Å². The van der Waals surface area contributed by atoms with E-state index < -0.39 is 5.63 Å². The molecule has 0 atom stereocenters. The first-order valence-corrected chi connectivity index (χ1v) is 8.00. The van der Waals surface area contributed by atoms with Crippen molar-refractivity contribution in [2.45, 2.75) is 20.5 Å². The van der Waals surface area contributed by atoms with Gasteiger partial charge in [0.05, 0.1) is 12.2 Å². The molecule has 0 radical (unpaired) electrons. The zero-order chi connectivity index (χ0) is 17.8. The van der Waals surface area contributed by atoms with Crippen molar-refractivity contribution in [2.24, 2.45) is 0 Å². The second-order valence-corrected chi connectivity index (χ2v) is 5.62. The molecule has 0 aliphatic heterocycles. The van der Waals surface area contributed by atoms with Crippen molar-refractivity contribution in [1.29, 1.82) is 0 Å². The summed E-state index contributed by atoms with van der Waals surface area (Å²) in [5, 5.41) is 0.841. The number of carbonyl (C=O) groups excluding carboxylic acids is 1. The molecule has 5 heteroatoms. The lowest BCUT2D eigenvalue weighted by Gasteiger charge is -2.09. The maximum absolute atomic E-state index is 11.7. The van der Waals surface area contributed by atoms with E-state index in [0.29, 0.717) is 23.5 Å². The molecule has 128 valence electrons. The van der Waals surface area contributed by atoms with E-state index in [0.717, 1.165) is 16.5 Å². The highest BCUT2D eigenvalue weighted by molar-refractivity contribution is 5.89. The molecule has 0 unspecified atom stereocenters. The Balaban J connectivity index is 1.79. The Hall–Kier alpha value is -3.08. The van der Waals surface area contributed by atoms with E-state index in [2.05, 4.69) is 0 Å². The molecule has 5 nitrogen and oxygen atoms in total. The number of benzene rings is 2. The second kappa shape index (κ2) is 7.21. The van der Waals surface area contributed by atoms with Gasteiger partial charge in [-0.05, 0) is 49.7 Å². The number of aryl methyl sites for hydroxylation is 1. The number of carbonyl (C=O) groups is 1. The number of hydrogen-bond acceptors (Lipinski definition) is 5. The number of esters is 1. The van der Waals surface area contributed by atoms with Crippen molar-refractivity contribution < 1.29 is 18.7 Å². The van der Waals surface area contributed by atoms with Crippen LogP contribution < -0.4 is 10.4 Å². The summed E-state index contributed by atoms with van der Waals surface area (Å²) < 4.78 is 15.9. The van der Waals surface area contributed by atoms with Crippen molar-refractivity contribution in [3.8, 4) is 5.75 Å². The molecule has 25 heavy (non-hydrogen) atoms. The molecule has 1 aromatic heterocycles. The Labute approximate surface area is 144 Å². The van der Waals surface area contributed by atoms with E-state index in [1.54, 1.807) is 31.2 Å². The van der Waals surface area contributed by atoms with Crippen LogP contribution in [0.5, 0.6) is 5.75 Å². The SMILES string of the molecule is CCOC(=O)c1ccc(OCc2cc(=O)oc3cc(C)ccc23)cc1. The van der Waals surface area contributed by atoms with Crippen LogP contribution in [-0.2, 0) is 11.3 Å². The predicted octanol–water partition coefficient (Wildman–Crippen LogP) is 3.86. The fourth-order valence-electron chi connectivity index (χ4n) is 2.52. The molecule has 0 aliphatic rings. The maximum Gasteiger partial charge on any atom is 0.338 e. The topological polar surface area (TPSA) is 65.7 Å². The summed E-state index contributed by atoms with van der Waals surface area (Å²) in [6.45, 7) is 4.26. The van der Waals surface area contributed by atoms with Crippen LogP contribution in [0.3, 0.4) is 0 Å². The summed E-state index contributed by atoms with van der Waals surface area (Å²) in [6, 6.07) is 13.8. The Kier molecular flexibility index (Phi) is 4.84. The molecular formula is C20H18O5. The summed E-state index contributed by atoms with van der Waals surface area (Å²) in [5.74, 6) is 0.234. The third-order valence-corrected chi connectivity index (χ3v) is 3.75. The van der Waals surface area contributed by atoms with Crippen LogP contribution in [0.4, 0.5) is 0 Å². The lowest BCUT2D eigenvalue weighted by Crippen LogP contribution is -2.05. The summed E-state index contributed by atoms with van der Waals surface area (Å²) in [7, 11) is 0. The van der Waals surface area contributed by atoms with Crippen LogP contribution in [0.25, 0.3) is 11.0 Å². The quantitative estimate of drug-likeness (QED) is 0.522. The van der Waals surface area contributed by atoms with Crippen molar-refractivity contribution in [3.63, 3.8) is 0 Å². The zero-order valence-corrected chi connectivity index (χ0v) is 14.1. The third-order valence-electron chi connectivity index (χ3n) is 3.75. The normalized spacial score (nSPS) is 10.6. The van der Waals surface area contributed by atoms with Gasteiger partial charge in [-0.1, -0.05) is 12.1 Å². The van der Waals surface area contributed by atoms with E-state index >= 15 is 0 Å². The number of rotatable bonds is 5. The van der Waals surface area contributed by atoms with Gasteiger partial charge in [0.1, 0.15) is 17.9 Å². The second-order valence-electron chi connectivity index (χ2n) is 5.62. The Morgan fingerprint density at radius 3 is 2.56 bits per heavy atom. The number of ether oxygens (including phenoxy) is 2. The van der Waals surface area contributed by atoms with Crippen LogP contribution >= 0.6 is 0 Å². The zero-order valence-electron chi connectivity index (χ0n) is 14.1. The minimum absolute atomic E-state index is 0.226. The molecule has 1 heterocycles. The van der Waals surface area contributed by atoms with Crippen LogP contribution in [-0.4, -0.2) is 12.6 Å². The molecule has 2 aromatic carbocycles. The monoisotopic (exact) mass is 338 g/mol. The molecule has 0 saturated heterocycles. The van der Waals surface area contributed by atoms with Gasteiger partial charge in [-0.25, -0.2) is 9.59 Å². The lowest BCUT2D eigenvalue weighted by molar-refractivity contribution is 0.0526. The van der Waals surface area contributed by atoms with E-state index in [4.69, 9.17) is 13.9 Å². The van der Waals surface area contributed by atoms with Gasteiger partial charge in [-0.2, -0.15) is 0 Å². The van der Waals surface area contributed by atoms with Crippen LogP contribution in [0.1, 0.15) is 28.4 Å². The van der Waals surface area contributed by atoms with Gasteiger partial charge in [0.2, 0.25) is 0 Å². The van der Waals surface area contributed by atoms with Gasteiger partial charge in [0.25, 0.3) is 0 Å². The van der Waals surface area contributed by atoms with Crippen LogP contribution in [0, 0.1) is 6.92 Å². The summed E-state index contributed by atoms with van der Waals surface area (Å²) in [6.07, 6.45) is 0. The highest BCUT2D eigenvalue weighted by Gasteiger charge is 2.08. The van der Waals surface area contributed by atoms with Crippen LogP contribution in [0.2, 0.25) is 0 Å². The van der Waals surface area contributed by atoms with Gasteiger partial charge in [-0.3, -0.25) is 0 Å². The van der Waals surface area contributed by atoms with Gasteiger partial charge >= 0.3 is 11.6 Å². The molecule has 0 amide bonds. The average Bonchev–Trinajstić information content (AvgIpc) is 2.59. The molecule has 0 saturated carbocycles. The summed E-state index contributed by atoms with van der Waals surface area (Å²) in [5.41, 5.74) is 2.37. The molecule has 3 aromatic rings. The van der Waals surface area contributed by atoms with E-state index in [1.807, 2.05) is 25.1 Å². The first-order valence-electron chi connectivity index (χ1n) is 8.00. The van der Waals surface area contributed by atoms with Gasteiger partial charge in [0, 0.05) is 17.0 Å². The molecule has 0 spiro atoms. The van der Waals surface area contributed by atoms with Crippen molar-refractivity contribution in [3.05, 3.63) is 75.6 Å². The average molecular weight is 338 g/mol. The summed E-state index contributed by atoms with van der Waals surface area (Å²) in [4.78, 5) is 23.4. The highest BCUT2D eigenvalue weighted by atomic mass is 16.5. The number of fused-ring (bicyclic) bond motifs is 1. The standard InChI is InChI=1S/C20H18O5/c1-3-23-20(22)14-5-7-16(8-6-14)24-12-15-11-19(21)25-18-10-13(2)4-9-17(15)18/h4-11H,3,12H2,1-2H3. The molecule has 0 N–H and O–H groups in total. The van der Waals surface area contributed by atoms with Crippen LogP contribution in [0.15, 0.2) is 57.7 Å². The first-order chi connectivity index (χ1) is 12.1. The van der Waals surface area contributed by atoms with Gasteiger partial charge in [0.15, 0.2) is 0 Å². The molecular weight excluding hydrogens is 320 g/mol. The Bertz CT molecular complexity index is 954. The summed E-state index contributed by atoms with van der Waals surface area (Å²) >= 11 is 0. The molecule has 0 bridgehead atoms. The van der Waals surface area contributed by atoms with E-state index in [1.165, 1.54) is 6.07 Å². The van der Waals surface area contributed by atoms with Crippen molar-refractivity contribution in [1.82, 2.24) is 0 Å². The fraction of sp³-hybridized carbons (Fsp3) is 0.200. The molecule has 3 rings (SSSR count). The largest absolute Gasteiger partial charge is 0.489 e. The van der Waals surface area contributed by atoms with E-state index in [-0.39, 0.29) is 12.6 Å². The highest BCUT2D eigenvalue weighted by Crippen LogP contribution is 2.21. The molecule has 0 aliphatic carbocycles. The van der Waals surface area contributed by atoms with Crippen molar-refractivity contribution in [2.75, 3.05) is 6.61 Å². The minimum atomic E-state index is -0.408. The van der Waals surface area contributed by atoms with Gasteiger partial charge < -0.3 is 13.9 Å².